The van der Waals surface area contributed by atoms with Crippen molar-refractivity contribution in [3.63, 3.8) is 0 Å². The Morgan fingerprint density at radius 3 is 0.870 bits per heavy atom. The van der Waals surface area contributed by atoms with Crippen molar-refractivity contribution < 1.29 is 0 Å². The average Bonchev–Trinajstić information content (AvgIpc) is 1.50. The zero-order valence-corrected chi connectivity index (χ0v) is 97.9. The highest BCUT2D eigenvalue weighted by Crippen LogP contribution is 2.83. The minimum Gasteiger partial charge on any atom is -0.0819 e. The molecule has 0 aromatic heterocycles. The fourth-order valence-corrected chi connectivity index (χ4v) is 46.1. The summed E-state index contributed by atoms with van der Waals surface area (Å²) in [6, 6.07) is 18.2. The minimum atomic E-state index is 0.372. The van der Waals surface area contributed by atoms with Crippen LogP contribution in [0.2, 0.25) is 0 Å². The third-order valence-corrected chi connectivity index (χ3v) is 56.7. The molecule has 0 nitrogen and oxygen atoms in total. The Morgan fingerprint density at radius 1 is 0.246 bits per heavy atom. The van der Waals surface area contributed by atoms with Crippen LogP contribution in [0.4, 0.5) is 0 Å². The van der Waals surface area contributed by atoms with Crippen molar-refractivity contribution in [3.05, 3.63) is 82.4 Å². The second kappa shape index (κ2) is 41.2. The van der Waals surface area contributed by atoms with Crippen LogP contribution in [0, 0.1) is 367 Å². The van der Waals surface area contributed by atoms with Crippen LogP contribution < -0.4 is 0 Å². The molecule has 21 saturated carbocycles. The van der Waals surface area contributed by atoms with Gasteiger partial charge in [0.1, 0.15) is 0 Å². The van der Waals surface area contributed by atoms with E-state index in [1.807, 2.05) is 0 Å². The van der Waals surface area contributed by atoms with Gasteiger partial charge in [-0.1, -0.05) is 348 Å². The van der Waals surface area contributed by atoms with E-state index in [0.29, 0.717) is 11.3 Å². The van der Waals surface area contributed by atoms with Crippen LogP contribution in [-0.4, -0.2) is 0 Å². The van der Waals surface area contributed by atoms with Gasteiger partial charge in [-0.3, -0.25) is 0 Å². The lowest BCUT2D eigenvalue weighted by Crippen LogP contribution is -2.59. The summed E-state index contributed by atoms with van der Waals surface area (Å²) in [7, 11) is 0. The van der Waals surface area contributed by atoms with Gasteiger partial charge in [-0.15, -0.1) is 0 Å². The molecule has 21 fully saturated rings. The van der Waals surface area contributed by atoms with Gasteiger partial charge < -0.3 is 0 Å². The quantitative estimate of drug-likeness (QED) is 0.191. The third kappa shape index (κ3) is 17.5. The fourth-order valence-electron chi connectivity index (χ4n) is 46.1. The first-order valence-electron chi connectivity index (χ1n) is 63.2. The normalized spacial score (nSPS) is 56.5. The molecule has 2 aromatic rings. The van der Waals surface area contributed by atoms with Crippen LogP contribution >= 0.6 is 0 Å². The molecule has 0 aliphatic heterocycles. The summed E-state index contributed by atoms with van der Waals surface area (Å²) in [5, 5.41) is 0. The zero-order chi connectivity index (χ0) is 99.4. The van der Waals surface area contributed by atoms with E-state index in [9.17, 15) is 0 Å². The molecule has 0 spiro atoms. The van der Waals surface area contributed by atoms with E-state index in [0.717, 1.165) is 320 Å². The first-order chi connectivity index (χ1) is 65.4. The fraction of sp³-hybridized carbons (Fsp3) is 0.899. The Balaban J connectivity index is 0.000000103. The van der Waals surface area contributed by atoms with Crippen molar-refractivity contribution in [1.82, 2.24) is 0 Å². The van der Waals surface area contributed by atoms with Gasteiger partial charge in [-0.2, -0.15) is 0 Å². The van der Waals surface area contributed by atoms with Gasteiger partial charge >= 0.3 is 0 Å². The van der Waals surface area contributed by atoms with Crippen LogP contribution in [0.25, 0.3) is 0 Å². The SMILES string of the molecule is CC1C(C)C2C3CC(C12)C1C(C)C(C)C31.CC1C(C)C2C3CC(C12)C1C2CC(C4C(C)C(C)C24)C31.CC1C(C)C2CC1C1C(C)C(C)C21.CC1C(C)C2CC1C1C3CC(C(C)C3C)C21.CC1CC(C)C2C(C)CC(C)C12.CC1CCC(C2CCC(C)C(C)C2)CC1C.CCC(C)C1(C)CC(C)C(C)c2ccccc21.CCC(C)C1C=C(C)C(C)C(C)C1.CCC(C)C1CC(C)C(C)c2ccccc21. The van der Waals surface area contributed by atoms with Crippen LogP contribution in [0.3, 0.4) is 0 Å². The summed E-state index contributed by atoms with van der Waals surface area (Å²) >= 11 is 0. The molecule has 58 unspecified atom stereocenters. The molecule has 24 aliphatic rings. The predicted octanol–water partition coefficient (Wildman–Crippen LogP) is 38.8. The van der Waals surface area contributed by atoms with Crippen LogP contribution in [0.1, 0.15) is 432 Å². The van der Waals surface area contributed by atoms with Gasteiger partial charge in [-0.25, -0.2) is 0 Å². The largest absolute Gasteiger partial charge is 0.0819 e. The number of hydrogen-bond acceptors (Lipinski definition) is 0. The zero-order valence-electron chi connectivity index (χ0n) is 97.9. The number of benzene rings is 2. The maximum Gasteiger partial charge on any atom is -0.00442 e. The number of fused-ring (bicyclic) bond motifs is 40. The van der Waals surface area contributed by atoms with E-state index >= 15 is 0 Å². The monoisotopic (exact) mass is 1890 g/mol. The molecule has 12 bridgehead atoms. The van der Waals surface area contributed by atoms with Gasteiger partial charge in [0, 0.05) is 0 Å². The van der Waals surface area contributed by atoms with Gasteiger partial charge in [0.15, 0.2) is 0 Å². The molecule has 0 saturated heterocycles. The van der Waals surface area contributed by atoms with Crippen LogP contribution in [0.15, 0.2) is 60.2 Å². The van der Waals surface area contributed by atoms with E-state index in [1.54, 1.807) is 66.4 Å². The Morgan fingerprint density at radius 2 is 0.536 bits per heavy atom. The smallest absolute Gasteiger partial charge is 0.00442 e. The van der Waals surface area contributed by atoms with Crippen molar-refractivity contribution in [2.45, 2.75) is 415 Å². The molecular weight excluding hydrogens is 1660 g/mol. The summed E-state index contributed by atoms with van der Waals surface area (Å²) in [5.41, 5.74) is 8.42. The second-order valence-corrected chi connectivity index (χ2v) is 60.7. The Bertz CT molecular complexity index is 4080. The molecule has 0 N–H and O–H groups in total. The number of allylic oxidation sites excluding steroid dienone is 2. The molecule has 138 heavy (non-hydrogen) atoms. The lowest BCUT2D eigenvalue weighted by atomic mass is 9.42. The third-order valence-electron chi connectivity index (χ3n) is 56.7. The first kappa shape index (κ1) is 106. The molecule has 24 aliphatic carbocycles. The summed E-state index contributed by atoms with van der Waals surface area (Å²) in [6.45, 7) is 93.6. The van der Waals surface area contributed by atoms with E-state index in [2.05, 4.69) is 318 Å². The maximum atomic E-state index is 2.57. The highest BCUT2D eigenvalue weighted by atomic mass is 14.8. The second-order valence-electron chi connectivity index (χ2n) is 60.7. The summed E-state index contributed by atoms with van der Waals surface area (Å²) in [6.07, 6.45) is 32.3. The molecule has 780 valence electrons. The van der Waals surface area contributed by atoms with Crippen molar-refractivity contribution in [2.75, 3.05) is 0 Å². The summed E-state index contributed by atoms with van der Waals surface area (Å²) in [4.78, 5) is 0. The minimum absolute atomic E-state index is 0.372. The maximum absolute atomic E-state index is 2.57. The number of rotatable bonds is 7. The molecule has 26 rings (SSSR count). The standard InChI is InChI=1S/C20H30.C17H26.C16H26.C16H30.C16H24.C15H24.C13H22.C13H24.C12H22/c1-7-8(2)16-12-5-11(15(7)16)19-13-6-14(20(12)19)18-10(4)9(3)17(13)18;1-6-13(3)17(5)11-12(2)14(4)15-9-7-8-10-16(15)17;1-7-8(2)12-5-11(7)15-13-6-14(16(12)15)10(4)9(13)3;1-11-5-7-15(9-13(11)3)16-8-6-12(2)14(4)10-16;1-5-11(2)16-10-12(3)13(4)14-8-6-7-9-15(14)16;1-6-7(2)13-11-5-10(12(6)13)14-8(3)9(4)15(11)14;1-6-7(2)11-5-10(6)12-8(3)9(4)13(11)12;1-6-9(2)13-7-10(3)12(5)11(4)8-13;1-7-5-8(2)12-10(4)6-9(3)11(7)12/h7-20H,5-6H2,1-4H3;7-10,12-14H,6,11H2,1-5H3;7-16H,5-6H2,1-4H3;11-16H,5-10H2,1-4H3;6-9,11-13,16H,5,10H2,1-4H3;6-15H,5H2,1-4H3;6-13H,5H2,1-4H3;7,9,11-13H,6,8H2,1-5H3;7-12H,5-6H2,1-4H3. The lowest BCUT2D eigenvalue weighted by Gasteiger charge is -2.63. The Labute approximate surface area is 858 Å². The van der Waals surface area contributed by atoms with Crippen molar-refractivity contribution >= 4 is 0 Å². The van der Waals surface area contributed by atoms with Crippen molar-refractivity contribution in [3.8, 4) is 0 Å². The molecule has 0 heteroatoms. The van der Waals surface area contributed by atoms with Gasteiger partial charge in [-0.05, 0) is 516 Å². The Hall–Kier alpha value is -1.82. The van der Waals surface area contributed by atoms with Gasteiger partial charge in [0.25, 0.3) is 0 Å². The highest BCUT2D eigenvalue weighted by Gasteiger charge is 2.77. The van der Waals surface area contributed by atoms with E-state index < -0.39 is 0 Å². The van der Waals surface area contributed by atoms with E-state index in [1.165, 1.54) is 149 Å². The van der Waals surface area contributed by atoms with E-state index in [4.69, 9.17) is 0 Å². The molecule has 2 aromatic carbocycles. The van der Waals surface area contributed by atoms with E-state index in [-0.39, 0.29) is 0 Å². The lowest BCUT2D eigenvalue weighted by molar-refractivity contribution is -0.158. The molecular formula is C138H228. The number of hydrogen-bond donors (Lipinski definition) is 0. The van der Waals surface area contributed by atoms with Gasteiger partial charge in [0.05, 0.1) is 0 Å². The van der Waals surface area contributed by atoms with Gasteiger partial charge in [0.2, 0.25) is 0 Å². The topological polar surface area (TPSA) is 0 Å². The molecule has 0 heterocycles. The molecule has 0 amide bonds. The summed E-state index contributed by atoms with van der Waals surface area (Å²) < 4.78 is 0. The Kier molecular flexibility index (Phi) is 31.6. The first-order valence-corrected chi connectivity index (χ1v) is 63.2. The predicted molar refractivity (Wildman–Crippen MR) is 595 cm³/mol. The van der Waals surface area contributed by atoms with Crippen LogP contribution in [0.5, 0.6) is 0 Å². The summed E-state index contributed by atoms with van der Waals surface area (Å²) in [5.74, 6) is 67.8. The highest BCUT2D eigenvalue weighted by molar-refractivity contribution is 5.41. The molecule has 0 radical (unpaired) electrons. The molecule has 58 atom stereocenters. The van der Waals surface area contributed by atoms with Crippen molar-refractivity contribution in [1.29, 1.82) is 0 Å². The van der Waals surface area contributed by atoms with Crippen molar-refractivity contribution in [2.24, 2.45) is 367 Å². The average molecular weight is 1890 g/mol. The van der Waals surface area contributed by atoms with Crippen LogP contribution in [-0.2, 0) is 5.41 Å².